The number of pyridine rings is 1. The van der Waals surface area contributed by atoms with Crippen molar-refractivity contribution in [1.29, 1.82) is 0 Å². The Labute approximate surface area is 328 Å². The van der Waals surface area contributed by atoms with E-state index in [1.165, 1.54) is 0 Å². The Bertz CT molecular complexity index is 1970. The van der Waals surface area contributed by atoms with Gasteiger partial charge in [-0.05, 0) is 60.8 Å². The predicted molar refractivity (Wildman–Crippen MR) is 217 cm³/mol. The number of aromatic nitrogens is 5. The number of methoxy groups -OCH3 is 2. The molecule has 2 fully saturated rings. The molecule has 8 rings (SSSR count). The van der Waals surface area contributed by atoms with Gasteiger partial charge in [-0.2, -0.15) is 4.98 Å². The van der Waals surface area contributed by atoms with Crippen LogP contribution in [0, 0.1) is 0 Å². The predicted octanol–water partition coefficient (Wildman–Crippen LogP) is 5.22. The molecule has 14 heteroatoms. The van der Waals surface area contributed by atoms with E-state index in [1.807, 2.05) is 42.9 Å². The van der Waals surface area contributed by atoms with E-state index in [0.29, 0.717) is 38.2 Å². The summed E-state index contributed by atoms with van der Waals surface area (Å²) in [6.45, 7) is 10.3. The fourth-order valence-corrected chi connectivity index (χ4v) is 7.37. The van der Waals surface area contributed by atoms with Crippen LogP contribution in [0.15, 0.2) is 79.3 Å². The number of anilines is 5. The second-order valence-electron chi connectivity index (χ2n) is 14.1. The third kappa shape index (κ3) is 8.93. The van der Waals surface area contributed by atoms with Crippen LogP contribution in [0.4, 0.5) is 29.2 Å². The smallest absolute Gasteiger partial charge is 0.228 e. The normalized spacial score (nSPS) is 15.8. The van der Waals surface area contributed by atoms with Gasteiger partial charge in [0.05, 0.1) is 46.3 Å². The third-order valence-electron chi connectivity index (χ3n) is 10.5. The number of rotatable bonds is 15. The minimum Gasteiger partial charge on any atom is -0.497 e. The Kier molecular flexibility index (Phi) is 12.0. The summed E-state index contributed by atoms with van der Waals surface area (Å²) in [6, 6.07) is 20.4. The van der Waals surface area contributed by atoms with Crippen LogP contribution in [0.25, 0.3) is 11.3 Å². The number of hydrogen-bond donors (Lipinski definition) is 1. The van der Waals surface area contributed by atoms with Crippen molar-refractivity contribution in [3.05, 3.63) is 95.9 Å². The molecule has 3 aromatic heterocycles. The molecule has 56 heavy (non-hydrogen) atoms. The SMILES string of the molecule is COc1ccc(CN(Cc2ccc(OC)cc2)c2ncc(-c3nc(N4CCOCC4)nc4c3CCN4c3ccnc(NCCCN4CCOCC4)c3)cn2)cc1. The van der Waals surface area contributed by atoms with Crippen molar-refractivity contribution >= 4 is 29.2 Å². The summed E-state index contributed by atoms with van der Waals surface area (Å²) >= 11 is 0. The highest BCUT2D eigenvalue weighted by molar-refractivity contribution is 5.77. The molecule has 292 valence electrons. The first-order chi connectivity index (χ1) is 27.6. The van der Waals surface area contributed by atoms with Crippen LogP contribution in [0.3, 0.4) is 0 Å². The van der Waals surface area contributed by atoms with Gasteiger partial charge in [0.1, 0.15) is 23.1 Å². The molecule has 0 atom stereocenters. The summed E-state index contributed by atoms with van der Waals surface area (Å²) in [5.74, 6) is 4.72. The van der Waals surface area contributed by atoms with Gasteiger partial charge in [-0.25, -0.2) is 19.9 Å². The highest BCUT2D eigenvalue weighted by Crippen LogP contribution is 2.39. The lowest BCUT2D eigenvalue weighted by molar-refractivity contribution is 0.0378. The summed E-state index contributed by atoms with van der Waals surface area (Å²) in [4.78, 5) is 34.1. The van der Waals surface area contributed by atoms with Crippen molar-refractivity contribution < 1.29 is 18.9 Å². The van der Waals surface area contributed by atoms with Crippen LogP contribution < -0.4 is 29.5 Å². The van der Waals surface area contributed by atoms with Crippen LogP contribution in [-0.2, 0) is 29.0 Å². The molecule has 5 aromatic rings. The van der Waals surface area contributed by atoms with Gasteiger partial charge in [-0.15, -0.1) is 0 Å². The van der Waals surface area contributed by atoms with E-state index in [2.05, 4.69) is 66.3 Å². The van der Waals surface area contributed by atoms with E-state index in [9.17, 15) is 0 Å². The summed E-state index contributed by atoms with van der Waals surface area (Å²) in [5.41, 5.74) is 6.10. The average molecular weight is 759 g/mol. The summed E-state index contributed by atoms with van der Waals surface area (Å²) in [5, 5.41) is 3.55. The van der Waals surface area contributed by atoms with Crippen molar-refractivity contribution in [3.8, 4) is 22.8 Å². The Morgan fingerprint density at radius 1 is 0.750 bits per heavy atom. The van der Waals surface area contributed by atoms with Gasteiger partial charge in [0.15, 0.2) is 0 Å². The van der Waals surface area contributed by atoms with Crippen molar-refractivity contribution in [2.75, 3.05) is 106 Å². The summed E-state index contributed by atoms with van der Waals surface area (Å²) in [6.07, 6.45) is 7.51. The largest absolute Gasteiger partial charge is 0.497 e. The number of nitrogens with one attached hydrogen (secondary N) is 1. The lowest BCUT2D eigenvalue weighted by Gasteiger charge is -2.28. The van der Waals surface area contributed by atoms with Crippen molar-refractivity contribution in [2.24, 2.45) is 0 Å². The minimum atomic E-state index is 0.616. The first-order valence-corrected chi connectivity index (χ1v) is 19.5. The maximum absolute atomic E-state index is 5.68. The molecule has 0 aliphatic carbocycles. The zero-order valence-electron chi connectivity index (χ0n) is 32.3. The van der Waals surface area contributed by atoms with Crippen LogP contribution in [0.5, 0.6) is 11.5 Å². The lowest BCUT2D eigenvalue weighted by Crippen LogP contribution is -2.37. The van der Waals surface area contributed by atoms with Gasteiger partial charge in [0.2, 0.25) is 11.9 Å². The molecule has 3 aliphatic rings. The van der Waals surface area contributed by atoms with Crippen LogP contribution in [0.2, 0.25) is 0 Å². The van der Waals surface area contributed by atoms with Gasteiger partial charge < -0.3 is 39.0 Å². The Morgan fingerprint density at radius 2 is 1.39 bits per heavy atom. The molecule has 2 aromatic carbocycles. The van der Waals surface area contributed by atoms with Crippen LogP contribution in [0.1, 0.15) is 23.1 Å². The first kappa shape index (κ1) is 37.4. The molecule has 0 spiro atoms. The molecule has 3 aliphatic heterocycles. The molecule has 0 bridgehead atoms. The van der Waals surface area contributed by atoms with Gasteiger partial charge in [-0.1, -0.05) is 24.3 Å². The maximum Gasteiger partial charge on any atom is 0.228 e. The Hall–Kier alpha value is -5.57. The monoisotopic (exact) mass is 758 g/mol. The van der Waals surface area contributed by atoms with E-state index in [4.69, 9.17) is 38.9 Å². The topological polar surface area (TPSA) is 126 Å². The van der Waals surface area contributed by atoms with E-state index in [0.717, 1.165) is 129 Å². The summed E-state index contributed by atoms with van der Waals surface area (Å²) < 4.78 is 22.0. The zero-order chi connectivity index (χ0) is 38.1. The second-order valence-corrected chi connectivity index (χ2v) is 14.1. The molecule has 0 amide bonds. The van der Waals surface area contributed by atoms with E-state index < -0.39 is 0 Å². The number of benzene rings is 2. The first-order valence-electron chi connectivity index (χ1n) is 19.5. The fourth-order valence-electron chi connectivity index (χ4n) is 7.37. The van der Waals surface area contributed by atoms with Crippen LogP contribution >= 0.6 is 0 Å². The standard InChI is InChI=1S/C42H50N10O4/c1-53-35-8-4-31(5-9-35)29-51(30-32-6-10-36(54-2)11-7-32)41-45-27-33(28-46-41)39-37-13-17-52(40(37)48-42(47-39)50-20-24-56-25-21-50)34-12-15-44-38(26-34)43-14-3-16-49-18-22-55-23-19-49/h4-12,15,26-28H,3,13-14,16-25,29-30H2,1-2H3,(H,43,44). The van der Waals surface area contributed by atoms with Crippen molar-refractivity contribution in [3.63, 3.8) is 0 Å². The molecular weight excluding hydrogens is 709 g/mol. The molecule has 6 heterocycles. The van der Waals surface area contributed by atoms with Gasteiger partial charge in [0.25, 0.3) is 0 Å². The van der Waals surface area contributed by atoms with Crippen LogP contribution in [-0.4, -0.2) is 116 Å². The van der Waals surface area contributed by atoms with E-state index in [1.54, 1.807) is 14.2 Å². The van der Waals surface area contributed by atoms with Crippen molar-refractivity contribution in [2.45, 2.75) is 25.9 Å². The Balaban J connectivity index is 1.06. The maximum atomic E-state index is 5.68. The third-order valence-corrected chi connectivity index (χ3v) is 10.5. The zero-order valence-corrected chi connectivity index (χ0v) is 32.3. The number of ether oxygens (including phenoxy) is 4. The minimum absolute atomic E-state index is 0.616. The molecule has 2 saturated heterocycles. The second kappa shape index (κ2) is 17.9. The molecule has 0 saturated carbocycles. The highest BCUT2D eigenvalue weighted by Gasteiger charge is 2.30. The number of nitrogens with zero attached hydrogens (tertiary/aromatic N) is 9. The number of morpholine rings is 2. The molecule has 0 unspecified atom stereocenters. The van der Waals surface area contributed by atoms with Gasteiger partial charge in [-0.3, -0.25) is 4.90 Å². The van der Waals surface area contributed by atoms with Gasteiger partial charge in [0, 0.05) is 93.8 Å². The number of hydrogen-bond acceptors (Lipinski definition) is 14. The number of fused-ring (bicyclic) bond motifs is 1. The summed E-state index contributed by atoms with van der Waals surface area (Å²) in [7, 11) is 3.36. The molecular formula is C42H50N10O4. The van der Waals surface area contributed by atoms with Crippen molar-refractivity contribution in [1.82, 2.24) is 29.8 Å². The highest BCUT2D eigenvalue weighted by atomic mass is 16.5. The lowest BCUT2D eigenvalue weighted by atomic mass is 10.1. The molecule has 1 N–H and O–H groups in total. The van der Waals surface area contributed by atoms with E-state index >= 15 is 0 Å². The quantitative estimate of drug-likeness (QED) is 0.140. The van der Waals surface area contributed by atoms with E-state index in [-0.39, 0.29) is 0 Å². The average Bonchev–Trinajstić information content (AvgIpc) is 3.70. The Morgan fingerprint density at radius 3 is 2.04 bits per heavy atom. The molecule has 0 radical (unpaired) electrons. The fraction of sp³-hybridized carbons (Fsp3) is 0.405. The van der Waals surface area contributed by atoms with Gasteiger partial charge >= 0.3 is 0 Å². The molecule has 14 nitrogen and oxygen atoms in total.